The number of aromatic amines is 1. The number of benzene rings is 2. The minimum Gasteiger partial charge on any atom is -0.493 e. The number of hydrogen-bond donors (Lipinski definition) is 3. The molecule has 0 saturated heterocycles. The molecule has 1 aliphatic heterocycles. The summed E-state index contributed by atoms with van der Waals surface area (Å²) in [5.74, 6) is 0.625. The highest BCUT2D eigenvalue weighted by molar-refractivity contribution is 6.31. The number of carbonyl (C=O) groups excluding carboxylic acids is 2. The molecule has 0 spiro atoms. The van der Waals surface area contributed by atoms with Gasteiger partial charge in [-0.05, 0) is 54.8 Å². The van der Waals surface area contributed by atoms with E-state index in [1.807, 2.05) is 42.5 Å². The lowest BCUT2D eigenvalue weighted by molar-refractivity contribution is 0.0909. The molecule has 0 aliphatic carbocycles. The summed E-state index contributed by atoms with van der Waals surface area (Å²) in [5, 5.41) is 14.3. The van der Waals surface area contributed by atoms with Gasteiger partial charge in [0.2, 0.25) is 0 Å². The Labute approximate surface area is 232 Å². The van der Waals surface area contributed by atoms with Crippen LogP contribution in [0, 0.1) is 0 Å². The molecule has 3 N–H and O–H groups in total. The van der Waals surface area contributed by atoms with Crippen molar-refractivity contribution in [1.29, 1.82) is 0 Å². The van der Waals surface area contributed by atoms with E-state index >= 15 is 0 Å². The van der Waals surface area contributed by atoms with Crippen LogP contribution in [0.25, 0.3) is 10.9 Å². The molecule has 1 aromatic heterocycles. The molecule has 4 rings (SSSR count). The van der Waals surface area contributed by atoms with Crippen molar-refractivity contribution in [2.24, 2.45) is 0 Å². The number of H-pyrrole nitrogens is 1. The number of nitrogens with one attached hydrogen (secondary N) is 2. The van der Waals surface area contributed by atoms with Crippen molar-refractivity contribution < 1.29 is 33.6 Å². The van der Waals surface area contributed by atoms with Crippen molar-refractivity contribution in [1.82, 2.24) is 15.2 Å². The number of nitrogens with zero attached hydrogens (tertiary/aromatic N) is 1. The van der Waals surface area contributed by atoms with Crippen LogP contribution in [0.3, 0.4) is 0 Å². The summed E-state index contributed by atoms with van der Waals surface area (Å²) in [4.78, 5) is 29.7. The monoisotopic (exact) mass is 559 g/mol. The maximum absolute atomic E-state index is 12.9. The summed E-state index contributed by atoms with van der Waals surface area (Å²) >= 11 is 6.27. The number of aliphatic hydroxyl groups excluding tert-OH is 1. The molecule has 1 unspecified atom stereocenters. The fraction of sp³-hybridized carbons (Fsp3) is 0.429. The van der Waals surface area contributed by atoms with Gasteiger partial charge in [0.05, 0.1) is 25.9 Å². The molecular weight excluding hydrogens is 526 g/mol. The number of methoxy groups -OCH3 is 1. The molecule has 2 amide bonds. The molecule has 1 aliphatic rings. The van der Waals surface area contributed by atoms with Crippen LogP contribution in [0.4, 0.5) is 9.59 Å². The van der Waals surface area contributed by atoms with Crippen LogP contribution in [0.15, 0.2) is 42.5 Å². The van der Waals surface area contributed by atoms with E-state index in [4.69, 9.17) is 30.5 Å². The highest BCUT2D eigenvalue weighted by Crippen LogP contribution is 2.39. The Kier molecular flexibility index (Phi) is 9.91. The van der Waals surface area contributed by atoms with Crippen LogP contribution >= 0.6 is 11.6 Å². The van der Waals surface area contributed by atoms with E-state index in [1.165, 1.54) is 7.11 Å². The second-order valence-electron chi connectivity index (χ2n) is 9.12. The number of aliphatic hydroxyl groups is 1. The van der Waals surface area contributed by atoms with Crippen LogP contribution in [0.1, 0.15) is 36.2 Å². The first-order valence-corrected chi connectivity index (χ1v) is 13.3. The smallest absolute Gasteiger partial charge is 0.410 e. The van der Waals surface area contributed by atoms with Crippen LogP contribution < -0.4 is 10.1 Å². The van der Waals surface area contributed by atoms with Crippen molar-refractivity contribution in [2.75, 3.05) is 46.6 Å². The molecule has 0 bridgehead atoms. The third-order valence-corrected chi connectivity index (χ3v) is 6.74. The molecule has 3 aromatic rings. The maximum atomic E-state index is 12.9. The third kappa shape index (κ3) is 7.14. The molecule has 210 valence electrons. The van der Waals surface area contributed by atoms with Gasteiger partial charge in [-0.25, -0.2) is 9.59 Å². The van der Waals surface area contributed by atoms with Crippen molar-refractivity contribution in [3.63, 3.8) is 0 Å². The minimum absolute atomic E-state index is 0.0531. The number of rotatable bonds is 11. The number of hydrogen-bond acceptors (Lipinski definition) is 7. The maximum Gasteiger partial charge on any atom is 0.410 e. The van der Waals surface area contributed by atoms with Gasteiger partial charge in [0.25, 0.3) is 0 Å². The van der Waals surface area contributed by atoms with Crippen LogP contribution in [-0.4, -0.2) is 79.9 Å². The largest absolute Gasteiger partial charge is 0.493 e. The Hall–Kier alpha value is -3.47. The van der Waals surface area contributed by atoms with E-state index < -0.39 is 12.2 Å². The lowest BCUT2D eigenvalue weighted by Gasteiger charge is -2.35. The van der Waals surface area contributed by atoms with Gasteiger partial charge < -0.3 is 34.4 Å². The zero-order valence-electron chi connectivity index (χ0n) is 22.1. The Morgan fingerprint density at radius 2 is 1.95 bits per heavy atom. The molecule has 2 aromatic carbocycles. The van der Waals surface area contributed by atoms with E-state index in [9.17, 15) is 14.7 Å². The summed E-state index contributed by atoms with van der Waals surface area (Å²) in [5.41, 5.74) is 3.96. The highest BCUT2D eigenvalue weighted by Gasteiger charge is 2.35. The Bertz CT molecular complexity index is 1260. The number of amides is 2. The zero-order valence-corrected chi connectivity index (χ0v) is 22.8. The molecule has 39 heavy (non-hydrogen) atoms. The van der Waals surface area contributed by atoms with Gasteiger partial charge in [-0.15, -0.1) is 0 Å². The second-order valence-corrected chi connectivity index (χ2v) is 9.56. The van der Waals surface area contributed by atoms with Crippen molar-refractivity contribution in [3.05, 3.63) is 64.3 Å². The van der Waals surface area contributed by atoms with E-state index in [-0.39, 0.29) is 31.9 Å². The highest BCUT2D eigenvalue weighted by atomic mass is 35.5. The van der Waals surface area contributed by atoms with Crippen molar-refractivity contribution >= 4 is 34.7 Å². The number of ether oxygens (including phenoxy) is 4. The normalized spacial score (nSPS) is 15.5. The van der Waals surface area contributed by atoms with Gasteiger partial charge in [-0.1, -0.05) is 23.7 Å². The summed E-state index contributed by atoms with van der Waals surface area (Å²) in [7, 11) is 1.52. The molecule has 2 atom stereocenters. The average Bonchev–Trinajstić information content (AvgIpc) is 3.30. The molecule has 2 heterocycles. The summed E-state index contributed by atoms with van der Waals surface area (Å²) in [6.07, 6.45) is -0.749. The lowest BCUT2D eigenvalue weighted by atomic mass is 9.92. The summed E-state index contributed by atoms with van der Waals surface area (Å²) in [6, 6.07) is 12.9. The first kappa shape index (κ1) is 28.5. The lowest BCUT2D eigenvalue weighted by Crippen LogP contribution is -2.40. The van der Waals surface area contributed by atoms with E-state index in [1.54, 1.807) is 11.8 Å². The second kappa shape index (κ2) is 13.5. The zero-order chi connectivity index (χ0) is 27.8. The van der Waals surface area contributed by atoms with Gasteiger partial charge in [0.15, 0.2) is 0 Å². The number of fused-ring (bicyclic) bond motifs is 3. The Balaban J connectivity index is 1.41. The standard InChI is InChI=1S/C28H34ClN3O7/c1-3-37-28(35)32-12-10-22-23-16-19(29)6-9-24(23)31-25(22)26(32)18-4-7-21(8-5-18)38-13-11-20(33)17-30-27(34)39-15-14-36-2/h4-9,16,20,26,31,33H,3,10-15,17H2,1-2H3,(H,30,34)/t20?,26-/m0/s1. The number of carbonyl (C=O) groups is 2. The van der Waals surface area contributed by atoms with Gasteiger partial charge in [0, 0.05) is 48.2 Å². The van der Waals surface area contributed by atoms with E-state index in [0.717, 1.165) is 27.7 Å². The number of halogens is 1. The number of aromatic nitrogens is 1. The van der Waals surface area contributed by atoms with Gasteiger partial charge in [-0.3, -0.25) is 4.90 Å². The van der Waals surface area contributed by atoms with Crippen LogP contribution in [-0.2, 0) is 20.6 Å². The van der Waals surface area contributed by atoms with Crippen LogP contribution in [0.5, 0.6) is 5.75 Å². The van der Waals surface area contributed by atoms with E-state index in [2.05, 4.69) is 10.3 Å². The number of alkyl carbamates (subject to hydrolysis) is 1. The van der Waals surface area contributed by atoms with Crippen LogP contribution in [0.2, 0.25) is 5.02 Å². The van der Waals surface area contributed by atoms with Crippen molar-refractivity contribution in [2.45, 2.75) is 31.9 Å². The Morgan fingerprint density at radius 1 is 1.15 bits per heavy atom. The first-order valence-electron chi connectivity index (χ1n) is 12.9. The predicted molar refractivity (Wildman–Crippen MR) is 146 cm³/mol. The topological polar surface area (TPSA) is 122 Å². The third-order valence-electron chi connectivity index (χ3n) is 6.51. The average molecular weight is 560 g/mol. The van der Waals surface area contributed by atoms with Gasteiger partial charge in [0.1, 0.15) is 18.4 Å². The predicted octanol–water partition coefficient (Wildman–Crippen LogP) is 4.43. The SMILES string of the molecule is CCOC(=O)N1CCc2c([nH]c3ccc(Cl)cc23)[C@@H]1c1ccc(OCCC(O)CNC(=O)OCCOC)cc1. The molecule has 10 nitrogen and oxygen atoms in total. The molecule has 11 heteroatoms. The minimum atomic E-state index is -0.784. The summed E-state index contributed by atoms with van der Waals surface area (Å²) < 4.78 is 20.9. The van der Waals surface area contributed by atoms with Crippen molar-refractivity contribution in [3.8, 4) is 5.75 Å². The Morgan fingerprint density at radius 3 is 2.69 bits per heavy atom. The van der Waals surface area contributed by atoms with Gasteiger partial charge in [-0.2, -0.15) is 0 Å². The fourth-order valence-electron chi connectivity index (χ4n) is 4.64. The molecule has 0 radical (unpaired) electrons. The fourth-order valence-corrected chi connectivity index (χ4v) is 4.81. The molecular formula is C28H34ClN3O7. The summed E-state index contributed by atoms with van der Waals surface area (Å²) in [6.45, 7) is 3.36. The molecule has 0 saturated carbocycles. The molecule has 0 fully saturated rings. The quantitative estimate of drug-likeness (QED) is 0.297. The first-order chi connectivity index (χ1) is 18.9. The van der Waals surface area contributed by atoms with E-state index in [0.29, 0.717) is 43.4 Å². The van der Waals surface area contributed by atoms with Gasteiger partial charge >= 0.3 is 12.2 Å².